The number of nitrogens with zero attached hydrogens (tertiary/aromatic N) is 2. The fraction of sp³-hybridized carbons (Fsp3) is 0.167. The highest BCUT2D eigenvalue weighted by Gasteiger charge is 2.36. The van der Waals surface area contributed by atoms with Crippen molar-refractivity contribution in [3.8, 4) is 22.4 Å². The molecule has 0 radical (unpaired) electrons. The van der Waals surface area contributed by atoms with Crippen molar-refractivity contribution in [1.82, 2.24) is 9.97 Å². The van der Waals surface area contributed by atoms with Crippen LogP contribution in [0.15, 0.2) is 67.0 Å². The maximum absolute atomic E-state index is 4.63. The maximum Gasteiger partial charge on any atom is 0.116 e. The summed E-state index contributed by atoms with van der Waals surface area (Å²) in [5.41, 5.74) is 10.00. The fourth-order valence-corrected chi connectivity index (χ4v) is 4.40. The van der Waals surface area contributed by atoms with E-state index in [1.807, 2.05) is 12.1 Å². The van der Waals surface area contributed by atoms with Crippen molar-refractivity contribution in [3.63, 3.8) is 0 Å². The SMILES string of the molecule is Cc1cc(-c2ncnc3ccccc23)cc2c1-c1ccccc1C2(C)C. The highest BCUT2D eigenvalue weighted by Crippen LogP contribution is 2.51. The Morgan fingerprint density at radius 2 is 1.58 bits per heavy atom. The number of fused-ring (bicyclic) bond motifs is 4. The molecule has 3 aromatic carbocycles. The van der Waals surface area contributed by atoms with Gasteiger partial charge in [-0.15, -0.1) is 0 Å². The van der Waals surface area contributed by atoms with Gasteiger partial charge in [-0.05, 0) is 52.9 Å². The second kappa shape index (κ2) is 5.25. The Hall–Kier alpha value is -3.00. The zero-order valence-electron chi connectivity index (χ0n) is 15.2. The molecule has 0 bridgehead atoms. The Morgan fingerprint density at radius 3 is 2.46 bits per heavy atom. The summed E-state index contributed by atoms with van der Waals surface area (Å²) in [4.78, 5) is 9.04. The number of hydrogen-bond acceptors (Lipinski definition) is 2. The number of para-hydroxylation sites is 1. The molecule has 0 amide bonds. The average Bonchev–Trinajstić information content (AvgIpc) is 2.89. The quantitative estimate of drug-likeness (QED) is 0.432. The Kier molecular flexibility index (Phi) is 3.08. The summed E-state index contributed by atoms with van der Waals surface area (Å²) in [5, 5.41) is 1.10. The van der Waals surface area contributed by atoms with Gasteiger partial charge in [0.2, 0.25) is 0 Å². The molecular weight excluding hydrogens is 316 g/mol. The molecule has 1 heterocycles. The van der Waals surface area contributed by atoms with Gasteiger partial charge in [-0.1, -0.05) is 56.3 Å². The molecule has 126 valence electrons. The first-order valence-electron chi connectivity index (χ1n) is 9.02. The van der Waals surface area contributed by atoms with Crippen LogP contribution in [0, 0.1) is 6.92 Å². The normalized spacial score (nSPS) is 14.3. The molecule has 1 aliphatic carbocycles. The third kappa shape index (κ3) is 1.99. The topological polar surface area (TPSA) is 25.8 Å². The van der Waals surface area contributed by atoms with Crippen LogP contribution in [-0.2, 0) is 5.41 Å². The molecule has 0 spiro atoms. The Bertz CT molecular complexity index is 1170. The molecule has 0 aliphatic heterocycles. The number of benzene rings is 3. The lowest BCUT2D eigenvalue weighted by Crippen LogP contribution is -2.15. The summed E-state index contributed by atoms with van der Waals surface area (Å²) >= 11 is 0. The van der Waals surface area contributed by atoms with E-state index in [-0.39, 0.29) is 5.41 Å². The number of hydrogen-bond donors (Lipinski definition) is 0. The van der Waals surface area contributed by atoms with Crippen LogP contribution in [0.4, 0.5) is 0 Å². The van der Waals surface area contributed by atoms with Gasteiger partial charge in [-0.25, -0.2) is 9.97 Å². The lowest BCUT2D eigenvalue weighted by Gasteiger charge is -2.22. The molecule has 0 atom stereocenters. The van der Waals surface area contributed by atoms with E-state index in [1.54, 1.807) is 6.33 Å². The van der Waals surface area contributed by atoms with Gasteiger partial charge in [0.1, 0.15) is 6.33 Å². The summed E-state index contributed by atoms with van der Waals surface area (Å²) in [7, 11) is 0. The second-order valence-corrected chi connectivity index (χ2v) is 7.63. The summed E-state index contributed by atoms with van der Waals surface area (Å²) in [6.45, 7) is 6.85. The Morgan fingerprint density at radius 1 is 0.808 bits per heavy atom. The van der Waals surface area contributed by atoms with E-state index < -0.39 is 0 Å². The van der Waals surface area contributed by atoms with Gasteiger partial charge in [0.15, 0.2) is 0 Å². The summed E-state index contributed by atoms with van der Waals surface area (Å²) in [6.07, 6.45) is 1.67. The van der Waals surface area contributed by atoms with Crippen molar-refractivity contribution in [1.29, 1.82) is 0 Å². The molecule has 1 aliphatic rings. The van der Waals surface area contributed by atoms with Gasteiger partial charge in [-0.2, -0.15) is 0 Å². The molecule has 0 N–H and O–H groups in total. The highest BCUT2D eigenvalue weighted by atomic mass is 14.8. The zero-order chi connectivity index (χ0) is 17.9. The van der Waals surface area contributed by atoms with Crippen molar-refractivity contribution >= 4 is 10.9 Å². The monoisotopic (exact) mass is 336 g/mol. The van der Waals surface area contributed by atoms with Gasteiger partial charge in [0, 0.05) is 16.4 Å². The van der Waals surface area contributed by atoms with Gasteiger partial charge in [0.25, 0.3) is 0 Å². The van der Waals surface area contributed by atoms with E-state index in [1.165, 1.54) is 33.4 Å². The van der Waals surface area contributed by atoms with Crippen LogP contribution >= 0.6 is 0 Å². The smallest absolute Gasteiger partial charge is 0.116 e. The third-order valence-corrected chi connectivity index (χ3v) is 5.69. The first-order chi connectivity index (χ1) is 12.6. The molecule has 26 heavy (non-hydrogen) atoms. The van der Waals surface area contributed by atoms with E-state index in [0.29, 0.717) is 0 Å². The van der Waals surface area contributed by atoms with Crippen LogP contribution in [0.3, 0.4) is 0 Å². The van der Waals surface area contributed by atoms with E-state index in [0.717, 1.165) is 16.6 Å². The highest BCUT2D eigenvalue weighted by molar-refractivity contribution is 5.94. The molecule has 5 rings (SSSR count). The molecule has 0 fully saturated rings. The molecule has 4 aromatic rings. The molecule has 0 unspecified atom stereocenters. The zero-order valence-corrected chi connectivity index (χ0v) is 15.2. The minimum Gasteiger partial charge on any atom is -0.236 e. The largest absolute Gasteiger partial charge is 0.236 e. The van der Waals surface area contributed by atoms with Gasteiger partial charge >= 0.3 is 0 Å². The molecule has 0 saturated heterocycles. The van der Waals surface area contributed by atoms with Crippen molar-refractivity contribution in [2.45, 2.75) is 26.2 Å². The predicted molar refractivity (Wildman–Crippen MR) is 107 cm³/mol. The lowest BCUT2D eigenvalue weighted by atomic mass is 9.81. The summed E-state index contributed by atoms with van der Waals surface area (Å²) in [5.74, 6) is 0. The molecule has 2 nitrogen and oxygen atoms in total. The Balaban J connectivity index is 1.81. The van der Waals surface area contributed by atoms with Crippen LogP contribution in [0.2, 0.25) is 0 Å². The second-order valence-electron chi connectivity index (χ2n) is 7.63. The third-order valence-electron chi connectivity index (χ3n) is 5.69. The summed E-state index contributed by atoms with van der Waals surface area (Å²) < 4.78 is 0. The molecule has 0 saturated carbocycles. The van der Waals surface area contributed by atoms with Crippen molar-refractivity contribution < 1.29 is 0 Å². The van der Waals surface area contributed by atoms with Crippen LogP contribution in [-0.4, -0.2) is 9.97 Å². The average molecular weight is 336 g/mol. The van der Waals surface area contributed by atoms with Crippen LogP contribution in [0.1, 0.15) is 30.5 Å². The minimum absolute atomic E-state index is 0.00443. The van der Waals surface area contributed by atoms with Gasteiger partial charge < -0.3 is 0 Å². The van der Waals surface area contributed by atoms with Crippen LogP contribution in [0.25, 0.3) is 33.3 Å². The van der Waals surface area contributed by atoms with Crippen molar-refractivity contribution in [2.24, 2.45) is 0 Å². The molecule has 2 heteroatoms. The number of aromatic nitrogens is 2. The first kappa shape index (κ1) is 15.3. The standard InChI is InChI=1S/C24H20N2/c1-15-12-16(23-18-9-5-7-11-21(18)25-14-26-23)13-20-22(15)17-8-4-6-10-19(17)24(20,2)3/h4-14H,1-3H3. The fourth-order valence-electron chi connectivity index (χ4n) is 4.40. The van der Waals surface area contributed by atoms with E-state index in [4.69, 9.17) is 0 Å². The lowest BCUT2D eigenvalue weighted by molar-refractivity contribution is 0.660. The van der Waals surface area contributed by atoms with Gasteiger partial charge in [0.05, 0.1) is 11.2 Å². The van der Waals surface area contributed by atoms with E-state index in [2.05, 4.69) is 79.3 Å². The molecule has 1 aromatic heterocycles. The maximum atomic E-state index is 4.63. The van der Waals surface area contributed by atoms with E-state index >= 15 is 0 Å². The van der Waals surface area contributed by atoms with Crippen LogP contribution < -0.4 is 0 Å². The molecular formula is C24H20N2. The Labute approximate surface area is 153 Å². The van der Waals surface area contributed by atoms with Crippen LogP contribution in [0.5, 0.6) is 0 Å². The first-order valence-corrected chi connectivity index (χ1v) is 9.02. The van der Waals surface area contributed by atoms with E-state index in [9.17, 15) is 0 Å². The predicted octanol–water partition coefficient (Wildman–Crippen LogP) is 5.91. The number of rotatable bonds is 1. The number of aryl methyl sites for hydroxylation is 1. The van der Waals surface area contributed by atoms with Crippen molar-refractivity contribution in [2.75, 3.05) is 0 Å². The van der Waals surface area contributed by atoms with Crippen molar-refractivity contribution in [3.05, 3.63) is 83.7 Å². The minimum atomic E-state index is -0.00443. The summed E-state index contributed by atoms with van der Waals surface area (Å²) in [6, 6.07) is 21.6. The van der Waals surface area contributed by atoms with Gasteiger partial charge in [-0.3, -0.25) is 0 Å².